The monoisotopic (exact) mass is 332 g/mol. The highest BCUT2D eigenvalue weighted by atomic mass is 32.2. The van der Waals surface area contributed by atoms with Gasteiger partial charge in [-0.3, -0.25) is 0 Å². The minimum atomic E-state index is -3.21. The molecule has 0 saturated heterocycles. The van der Waals surface area contributed by atoms with Crippen LogP contribution in [0.15, 0.2) is 41.6 Å². The molecule has 120 valence electrons. The molecule has 0 aliphatic carbocycles. The summed E-state index contributed by atoms with van der Waals surface area (Å²) in [6.45, 7) is 2.71. The van der Waals surface area contributed by atoms with Crippen LogP contribution in [0, 0.1) is 0 Å². The first-order chi connectivity index (χ1) is 11.0. The summed E-state index contributed by atoms with van der Waals surface area (Å²) in [5, 5.41) is 10.5. The van der Waals surface area contributed by atoms with Crippen molar-refractivity contribution in [3.8, 4) is 0 Å². The molecule has 3 aromatic rings. The van der Waals surface area contributed by atoms with Crippen LogP contribution in [-0.2, 0) is 9.84 Å². The maximum atomic E-state index is 11.5. The largest absolute Gasteiger partial charge is 0.370 e. The van der Waals surface area contributed by atoms with E-state index in [1.54, 1.807) is 28.8 Å². The smallest absolute Gasteiger partial charge is 0.256 e. The summed E-state index contributed by atoms with van der Waals surface area (Å²) in [7, 11) is -3.21. The van der Waals surface area contributed by atoms with Crippen LogP contribution in [0.25, 0.3) is 5.78 Å². The van der Waals surface area contributed by atoms with E-state index < -0.39 is 9.84 Å². The van der Waals surface area contributed by atoms with Crippen LogP contribution in [0.5, 0.6) is 0 Å². The average molecular weight is 332 g/mol. The molecule has 0 bridgehead atoms. The fraction of sp³-hybridized carbons (Fsp3) is 0.214. The third kappa shape index (κ3) is 3.24. The molecule has 0 radical (unpaired) electrons. The number of anilines is 3. The molecule has 3 rings (SSSR count). The van der Waals surface area contributed by atoms with Crippen LogP contribution in [0.3, 0.4) is 0 Å². The third-order valence-electron chi connectivity index (χ3n) is 3.16. The highest BCUT2D eigenvalue weighted by Gasteiger charge is 2.09. The van der Waals surface area contributed by atoms with Gasteiger partial charge in [0.15, 0.2) is 9.84 Å². The lowest BCUT2D eigenvalue weighted by atomic mass is 10.3. The quantitative estimate of drug-likeness (QED) is 0.733. The van der Waals surface area contributed by atoms with Crippen molar-refractivity contribution in [3.63, 3.8) is 0 Å². The molecule has 8 nitrogen and oxygen atoms in total. The summed E-state index contributed by atoms with van der Waals surface area (Å²) in [5.74, 6) is 1.83. The molecule has 0 spiro atoms. The van der Waals surface area contributed by atoms with Crippen molar-refractivity contribution in [3.05, 3.63) is 36.7 Å². The van der Waals surface area contributed by atoms with Gasteiger partial charge in [-0.2, -0.15) is 19.6 Å². The maximum absolute atomic E-state index is 11.5. The molecular weight excluding hydrogens is 316 g/mol. The minimum absolute atomic E-state index is 0.275. The zero-order chi connectivity index (χ0) is 16.4. The molecule has 2 aromatic heterocycles. The summed E-state index contributed by atoms with van der Waals surface area (Å²) >= 11 is 0. The van der Waals surface area contributed by atoms with Crippen LogP contribution >= 0.6 is 0 Å². The molecule has 0 aliphatic heterocycles. The number of fused-ring (bicyclic) bond motifs is 1. The summed E-state index contributed by atoms with van der Waals surface area (Å²) in [6, 6.07) is 8.33. The van der Waals surface area contributed by atoms with Crippen LogP contribution < -0.4 is 10.6 Å². The van der Waals surface area contributed by atoms with Gasteiger partial charge in [-0.1, -0.05) is 0 Å². The minimum Gasteiger partial charge on any atom is -0.370 e. The molecule has 0 saturated carbocycles. The van der Waals surface area contributed by atoms with Gasteiger partial charge in [-0.15, -0.1) is 0 Å². The van der Waals surface area contributed by atoms with Crippen molar-refractivity contribution in [2.45, 2.75) is 11.8 Å². The summed E-state index contributed by atoms with van der Waals surface area (Å²) in [6.07, 6.45) is 2.61. The highest BCUT2D eigenvalue weighted by Crippen LogP contribution is 2.21. The maximum Gasteiger partial charge on any atom is 0.256 e. The van der Waals surface area contributed by atoms with Crippen LogP contribution in [0.1, 0.15) is 6.92 Å². The van der Waals surface area contributed by atoms with Gasteiger partial charge >= 0.3 is 0 Å². The Balaban J connectivity index is 1.96. The summed E-state index contributed by atoms with van der Waals surface area (Å²) in [4.78, 5) is 8.70. The number of rotatable bonds is 5. The second-order valence-electron chi connectivity index (χ2n) is 4.95. The zero-order valence-electron chi connectivity index (χ0n) is 12.7. The van der Waals surface area contributed by atoms with Crippen molar-refractivity contribution >= 4 is 32.9 Å². The Hall–Kier alpha value is -2.68. The molecule has 1 aromatic carbocycles. The van der Waals surface area contributed by atoms with E-state index in [-0.39, 0.29) is 4.90 Å². The predicted molar refractivity (Wildman–Crippen MR) is 87.8 cm³/mol. The molecule has 9 heteroatoms. The van der Waals surface area contributed by atoms with E-state index >= 15 is 0 Å². The Morgan fingerprint density at radius 2 is 1.96 bits per heavy atom. The fourth-order valence-electron chi connectivity index (χ4n) is 2.11. The topological polar surface area (TPSA) is 101 Å². The molecule has 0 fully saturated rings. The summed E-state index contributed by atoms with van der Waals surface area (Å²) in [5.41, 5.74) is 0.739. The first-order valence-corrected chi connectivity index (χ1v) is 8.88. The first kappa shape index (κ1) is 15.2. The van der Waals surface area contributed by atoms with Gasteiger partial charge in [0.1, 0.15) is 18.0 Å². The van der Waals surface area contributed by atoms with Crippen LogP contribution in [-0.4, -0.2) is 40.8 Å². The SMILES string of the molecule is CCNc1cc(Nc2ccc(S(C)(=O)=O)cc2)n2ncnc2n1. The van der Waals surface area contributed by atoms with E-state index in [0.717, 1.165) is 12.2 Å². The Morgan fingerprint density at radius 1 is 1.22 bits per heavy atom. The lowest BCUT2D eigenvalue weighted by Crippen LogP contribution is -2.06. The highest BCUT2D eigenvalue weighted by molar-refractivity contribution is 7.90. The van der Waals surface area contributed by atoms with Crippen molar-refractivity contribution in [1.82, 2.24) is 19.6 Å². The predicted octanol–water partition coefficient (Wildman–Crippen LogP) is 1.70. The van der Waals surface area contributed by atoms with Crippen LogP contribution in [0.2, 0.25) is 0 Å². The molecule has 23 heavy (non-hydrogen) atoms. The zero-order valence-corrected chi connectivity index (χ0v) is 13.5. The van der Waals surface area contributed by atoms with E-state index in [0.29, 0.717) is 17.4 Å². The van der Waals surface area contributed by atoms with Gasteiger partial charge in [0.25, 0.3) is 5.78 Å². The average Bonchev–Trinajstić information content (AvgIpc) is 2.96. The van der Waals surface area contributed by atoms with Crippen molar-refractivity contribution in [2.75, 3.05) is 23.4 Å². The third-order valence-corrected chi connectivity index (χ3v) is 4.29. The lowest BCUT2D eigenvalue weighted by Gasteiger charge is -2.10. The van der Waals surface area contributed by atoms with Gasteiger partial charge in [0, 0.05) is 24.6 Å². The van der Waals surface area contributed by atoms with Gasteiger partial charge in [0.05, 0.1) is 4.90 Å². The van der Waals surface area contributed by atoms with Gasteiger partial charge in [0.2, 0.25) is 0 Å². The molecule has 2 N–H and O–H groups in total. The second-order valence-corrected chi connectivity index (χ2v) is 6.97. The van der Waals surface area contributed by atoms with E-state index in [1.165, 1.54) is 12.6 Å². The number of benzene rings is 1. The number of nitrogens with one attached hydrogen (secondary N) is 2. The Bertz CT molecular complexity index is 934. The number of hydrogen-bond donors (Lipinski definition) is 2. The molecule has 0 aliphatic rings. The van der Waals surface area contributed by atoms with Crippen molar-refractivity contribution < 1.29 is 8.42 Å². The molecule has 0 amide bonds. The molecular formula is C14H16N6O2S. The lowest BCUT2D eigenvalue weighted by molar-refractivity contribution is 0.602. The first-order valence-electron chi connectivity index (χ1n) is 6.99. The molecule has 0 atom stereocenters. The number of hydrogen-bond acceptors (Lipinski definition) is 7. The van der Waals surface area contributed by atoms with E-state index in [9.17, 15) is 8.42 Å². The molecule has 2 heterocycles. The Morgan fingerprint density at radius 3 is 2.61 bits per heavy atom. The summed E-state index contributed by atoms with van der Waals surface area (Å²) < 4.78 is 24.6. The van der Waals surface area contributed by atoms with Gasteiger partial charge in [-0.05, 0) is 31.2 Å². The Kier molecular flexibility index (Phi) is 3.87. The van der Waals surface area contributed by atoms with Gasteiger partial charge in [-0.25, -0.2) is 8.42 Å². The van der Waals surface area contributed by atoms with E-state index in [1.807, 2.05) is 13.0 Å². The number of sulfone groups is 1. The second kappa shape index (κ2) is 5.84. The molecule has 0 unspecified atom stereocenters. The fourth-order valence-corrected chi connectivity index (χ4v) is 2.74. The normalized spacial score (nSPS) is 11.6. The van der Waals surface area contributed by atoms with E-state index in [2.05, 4.69) is 25.7 Å². The van der Waals surface area contributed by atoms with Crippen molar-refractivity contribution in [2.24, 2.45) is 0 Å². The standard InChI is InChI=1S/C14H16N6O2S/c1-3-15-12-8-13(20-14(19-12)16-9-17-20)18-10-4-6-11(7-5-10)23(2,21)22/h4-9,18H,3H2,1-2H3,(H,15,16,17,19). The number of aromatic nitrogens is 4. The number of nitrogens with zero attached hydrogens (tertiary/aromatic N) is 4. The van der Waals surface area contributed by atoms with E-state index in [4.69, 9.17) is 0 Å². The van der Waals surface area contributed by atoms with Crippen molar-refractivity contribution in [1.29, 1.82) is 0 Å². The van der Waals surface area contributed by atoms with Crippen LogP contribution in [0.4, 0.5) is 17.3 Å². The Labute approximate surface area is 133 Å². The van der Waals surface area contributed by atoms with Gasteiger partial charge < -0.3 is 10.6 Å².